The first-order valence-corrected chi connectivity index (χ1v) is 12.0. The number of fused-ring (bicyclic) bond motifs is 2. The van der Waals surface area contributed by atoms with E-state index in [4.69, 9.17) is 15.1 Å². The van der Waals surface area contributed by atoms with Crippen LogP contribution >= 0.6 is 0 Å². The van der Waals surface area contributed by atoms with Crippen molar-refractivity contribution in [2.45, 2.75) is 0 Å². The topological polar surface area (TPSA) is 80.6 Å². The Balaban J connectivity index is 1.61. The second-order valence-electron chi connectivity index (χ2n) is 8.72. The lowest BCUT2D eigenvalue weighted by Crippen LogP contribution is -2.12. The summed E-state index contributed by atoms with van der Waals surface area (Å²) in [5.41, 5.74) is 12.2. The van der Waals surface area contributed by atoms with Crippen molar-refractivity contribution in [2.24, 2.45) is 10.7 Å². The van der Waals surface area contributed by atoms with E-state index in [-0.39, 0.29) is 0 Å². The molecule has 0 radical (unpaired) electrons. The maximum atomic E-state index is 12.4. The van der Waals surface area contributed by atoms with E-state index in [1.165, 1.54) is 0 Å². The molecule has 4 aromatic rings. The first-order chi connectivity index (χ1) is 18.2. The Morgan fingerprint density at radius 1 is 0.703 bits per heavy atom. The summed E-state index contributed by atoms with van der Waals surface area (Å²) >= 11 is 0. The van der Waals surface area contributed by atoms with Crippen molar-refractivity contribution >= 4 is 33.9 Å². The van der Waals surface area contributed by atoms with Gasteiger partial charge in [-0.15, -0.1) is 0 Å². The minimum Gasteiger partial charge on any atom is -0.456 e. The van der Waals surface area contributed by atoms with Crippen LogP contribution < -0.4 is 16.4 Å². The van der Waals surface area contributed by atoms with Gasteiger partial charge in [-0.25, -0.2) is 4.99 Å². The monoisotopic (exact) mass is 481 g/mol. The van der Waals surface area contributed by atoms with Crippen molar-refractivity contribution < 1.29 is 9.21 Å². The number of anilines is 2. The molecule has 0 spiro atoms. The highest BCUT2D eigenvalue weighted by molar-refractivity contribution is 6.09. The molecule has 1 aliphatic heterocycles. The van der Waals surface area contributed by atoms with Crippen molar-refractivity contribution in [1.82, 2.24) is 0 Å². The van der Waals surface area contributed by atoms with Crippen LogP contribution in [0.4, 0.5) is 17.1 Å². The molecule has 0 saturated carbocycles. The Kier molecular flexibility index (Phi) is 5.71. The number of rotatable bonds is 5. The van der Waals surface area contributed by atoms with Crippen LogP contribution in [0.2, 0.25) is 0 Å². The van der Waals surface area contributed by atoms with E-state index >= 15 is 0 Å². The van der Waals surface area contributed by atoms with Crippen LogP contribution in [0.25, 0.3) is 33.4 Å². The lowest BCUT2D eigenvalue weighted by molar-refractivity contribution is 0.100. The molecule has 0 unspecified atom stereocenters. The molecule has 0 saturated heterocycles. The highest BCUT2D eigenvalue weighted by Crippen LogP contribution is 2.41. The van der Waals surface area contributed by atoms with Gasteiger partial charge >= 0.3 is 0 Å². The smallest absolute Gasteiger partial charge is 0.249 e. The maximum Gasteiger partial charge on any atom is 0.249 e. The first kappa shape index (κ1) is 22.3. The fourth-order valence-corrected chi connectivity index (χ4v) is 4.57. The van der Waals surface area contributed by atoms with E-state index in [9.17, 15) is 4.79 Å². The number of benzene rings is 5. The number of carbonyl (C=O) groups is 1. The fraction of sp³-hybridized carbons (Fsp3) is 0. The Bertz CT molecular complexity index is 1770. The van der Waals surface area contributed by atoms with Crippen molar-refractivity contribution in [3.8, 4) is 22.5 Å². The van der Waals surface area contributed by atoms with Crippen LogP contribution in [0.1, 0.15) is 10.4 Å². The second-order valence-corrected chi connectivity index (χ2v) is 8.72. The molecule has 3 N–H and O–H groups in total. The second kappa shape index (κ2) is 9.47. The summed E-state index contributed by atoms with van der Waals surface area (Å²) in [5.74, 6) is 0.187. The molecule has 0 fully saturated rings. The van der Waals surface area contributed by atoms with Gasteiger partial charge in [-0.1, -0.05) is 54.6 Å². The van der Waals surface area contributed by atoms with Crippen molar-refractivity contribution in [3.05, 3.63) is 132 Å². The van der Waals surface area contributed by atoms with E-state index in [1.807, 2.05) is 115 Å². The molecular formula is C32H23N3O2. The number of nitrogens with two attached hydrogens (primary N) is 1. The lowest BCUT2D eigenvalue weighted by Gasteiger charge is -2.18. The average Bonchev–Trinajstić information content (AvgIpc) is 2.93. The Labute approximate surface area is 213 Å². The summed E-state index contributed by atoms with van der Waals surface area (Å²) in [5, 5.41) is 5.08. The summed E-state index contributed by atoms with van der Waals surface area (Å²) < 4.78 is 6.45. The zero-order valence-electron chi connectivity index (χ0n) is 19.9. The average molecular weight is 482 g/mol. The molecule has 5 heteroatoms. The zero-order chi connectivity index (χ0) is 25.2. The van der Waals surface area contributed by atoms with Crippen molar-refractivity contribution in [1.29, 1.82) is 0 Å². The van der Waals surface area contributed by atoms with Crippen LogP contribution in [-0.4, -0.2) is 5.91 Å². The number of nitrogens with zero attached hydrogens (tertiary/aromatic N) is 1. The molecule has 178 valence electrons. The Morgan fingerprint density at radius 3 is 2.22 bits per heavy atom. The summed E-state index contributed by atoms with van der Waals surface area (Å²) in [6, 6.07) is 39.0. The molecule has 5 nitrogen and oxygen atoms in total. The number of hydrogen-bond acceptors (Lipinski definition) is 4. The van der Waals surface area contributed by atoms with Gasteiger partial charge in [-0.3, -0.25) is 4.79 Å². The molecule has 1 heterocycles. The minimum absolute atomic E-state index is 0.459. The third kappa shape index (κ3) is 4.46. The van der Waals surface area contributed by atoms with Crippen LogP contribution in [0, 0.1) is 0 Å². The van der Waals surface area contributed by atoms with E-state index in [0.29, 0.717) is 16.9 Å². The molecule has 0 bridgehead atoms. The van der Waals surface area contributed by atoms with Crippen LogP contribution in [0.15, 0.2) is 131 Å². The van der Waals surface area contributed by atoms with Gasteiger partial charge in [-0.2, -0.15) is 0 Å². The third-order valence-corrected chi connectivity index (χ3v) is 6.24. The number of hydrogen-bond donors (Lipinski definition) is 2. The standard InChI is InChI=1S/C32H23N3O2/c33-32(36)26-14-8-7-13-25(26)31-27-17-15-23(34-21-9-3-1-4-10-21)19-29(27)37-30-20-24(16-18-28(30)31)35-22-11-5-2-6-12-22/h1-20,34H,(H2,33,36). The van der Waals surface area contributed by atoms with Gasteiger partial charge < -0.3 is 15.5 Å². The molecule has 2 aliphatic rings. The predicted molar refractivity (Wildman–Crippen MR) is 148 cm³/mol. The SMILES string of the molecule is NC(=O)c1ccccc1-c1c2ccc(=Nc3ccccc3)cc-2oc2cc(Nc3ccccc3)ccc12. The zero-order valence-corrected chi connectivity index (χ0v) is 19.9. The van der Waals surface area contributed by atoms with Gasteiger partial charge in [0.2, 0.25) is 5.91 Å². The van der Waals surface area contributed by atoms with E-state index < -0.39 is 5.91 Å². The predicted octanol–water partition coefficient (Wildman–Crippen LogP) is 7.28. The fourth-order valence-electron chi connectivity index (χ4n) is 4.57. The van der Waals surface area contributed by atoms with Gasteiger partial charge in [0, 0.05) is 45.6 Å². The van der Waals surface area contributed by atoms with Gasteiger partial charge in [0.15, 0.2) is 0 Å². The van der Waals surface area contributed by atoms with Crippen molar-refractivity contribution in [3.63, 3.8) is 0 Å². The number of carbonyl (C=O) groups excluding carboxylic acids is 1. The summed E-state index contributed by atoms with van der Waals surface area (Å²) in [6.45, 7) is 0. The minimum atomic E-state index is -0.476. The highest BCUT2D eigenvalue weighted by atomic mass is 16.3. The van der Waals surface area contributed by atoms with Crippen LogP contribution in [-0.2, 0) is 0 Å². The van der Waals surface area contributed by atoms with Crippen LogP contribution in [0.3, 0.4) is 0 Å². The van der Waals surface area contributed by atoms with Gasteiger partial charge in [0.25, 0.3) is 0 Å². The lowest BCUT2D eigenvalue weighted by atomic mass is 9.90. The molecule has 0 aromatic heterocycles. The Morgan fingerprint density at radius 2 is 1.43 bits per heavy atom. The molecule has 1 amide bonds. The van der Waals surface area contributed by atoms with Crippen molar-refractivity contribution in [2.75, 3.05) is 5.32 Å². The van der Waals surface area contributed by atoms with Gasteiger partial charge in [0.1, 0.15) is 11.3 Å². The molecular weight excluding hydrogens is 458 g/mol. The summed E-state index contributed by atoms with van der Waals surface area (Å²) in [4.78, 5) is 17.1. The summed E-state index contributed by atoms with van der Waals surface area (Å²) in [7, 11) is 0. The molecule has 4 aromatic carbocycles. The first-order valence-electron chi connectivity index (χ1n) is 12.0. The number of para-hydroxylation sites is 2. The number of primary amides is 1. The number of amides is 1. The molecule has 0 atom stereocenters. The Hall–Kier alpha value is -5.16. The molecule has 1 aliphatic carbocycles. The molecule has 37 heavy (non-hydrogen) atoms. The maximum absolute atomic E-state index is 12.4. The van der Waals surface area contributed by atoms with E-state index in [1.54, 1.807) is 6.07 Å². The normalized spacial score (nSPS) is 11.6. The van der Waals surface area contributed by atoms with Gasteiger partial charge in [0.05, 0.1) is 11.0 Å². The third-order valence-electron chi connectivity index (χ3n) is 6.24. The quantitative estimate of drug-likeness (QED) is 0.254. The number of nitrogens with one attached hydrogen (secondary N) is 1. The van der Waals surface area contributed by atoms with Gasteiger partial charge in [-0.05, 0) is 60.2 Å². The molecule has 6 rings (SSSR count). The summed E-state index contributed by atoms with van der Waals surface area (Å²) in [6.07, 6.45) is 0. The van der Waals surface area contributed by atoms with E-state index in [2.05, 4.69) is 5.32 Å². The highest BCUT2D eigenvalue weighted by Gasteiger charge is 2.20. The largest absolute Gasteiger partial charge is 0.456 e. The van der Waals surface area contributed by atoms with Crippen LogP contribution in [0.5, 0.6) is 0 Å². The van der Waals surface area contributed by atoms with E-state index in [0.717, 1.165) is 44.5 Å².